The van der Waals surface area contributed by atoms with E-state index in [-0.39, 0.29) is 17.6 Å². The fourth-order valence-electron chi connectivity index (χ4n) is 2.23. The van der Waals surface area contributed by atoms with Crippen LogP contribution in [0.3, 0.4) is 0 Å². The van der Waals surface area contributed by atoms with Crippen molar-refractivity contribution in [3.8, 4) is 0 Å². The van der Waals surface area contributed by atoms with Gasteiger partial charge in [-0.2, -0.15) is 0 Å². The maximum Gasteiger partial charge on any atom is 0.315 e. The molecule has 1 aromatic rings. The Morgan fingerprint density at radius 1 is 1.43 bits per heavy atom. The van der Waals surface area contributed by atoms with Crippen LogP contribution >= 0.6 is 0 Å². The van der Waals surface area contributed by atoms with Gasteiger partial charge in [-0.3, -0.25) is 0 Å². The van der Waals surface area contributed by atoms with Crippen LogP contribution in [0.2, 0.25) is 0 Å². The molecule has 2 amide bonds. The van der Waals surface area contributed by atoms with Gasteiger partial charge in [0.25, 0.3) is 0 Å². The fourth-order valence-corrected chi connectivity index (χ4v) is 2.23. The number of carbonyl (C=O) groups is 1. The summed E-state index contributed by atoms with van der Waals surface area (Å²) in [5.74, 6) is -1.31. The SMILES string of the molecule is CCC(NC(=O)NCC1(CO)CC1)c1ccc(F)cc1F. The predicted molar refractivity (Wildman–Crippen MR) is 74.7 cm³/mol. The average Bonchev–Trinajstić information content (AvgIpc) is 3.24. The molecule has 2 rings (SSSR count). The molecule has 0 spiro atoms. The van der Waals surface area contributed by atoms with E-state index in [9.17, 15) is 18.7 Å². The Morgan fingerprint density at radius 3 is 2.67 bits per heavy atom. The van der Waals surface area contributed by atoms with Crippen LogP contribution in [-0.2, 0) is 0 Å². The second-order valence-electron chi connectivity index (χ2n) is 5.61. The number of hydrogen-bond donors (Lipinski definition) is 3. The highest BCUT2D eigenvalue weighted by Crippen LogP contribution is 2.44. The van der Waals surface area contributed by atoms with Gasteiger partial charge in [-0.25, -0.2) is 13.6 Å². The minimum Gasteiger partial charge on any atom is -0.396 e. The van der Waals surface area contributed by atoms with E-state index in [1.54, 1.807) is 0 Å². The van der Waals surface area contributed by atoms with Gasteiger partial charge in [0.05, 0.1) is 12.6 Å². The molecule has 6 heteroatoms. The van der Waals surface area contributed by atoms with E-state index in [0.717, 1.165) is 18.9 Å². The summed E-state index contributed by atoms with van der Waals surface area (Å²) in [4.78, 5) is 11.9. The van der Waals surface area contributed by atoms with E-state index in [1.165, 1.54) is 12.1 Å². The molecule has 21 heavy (non-hydrogen) atoms. The van der Waals surface area contributed by atoms with Gasteiger partial charge in [-0.05, 0) is 25.3 Å². The highest BCUT2D eigenvalue weighted by Gasteiger charge is 2.42. The minimum atomic E-state index is -0.670. The molecule has 0 saturated heterocycles. The van der Waals surface area contributed by atoms with Crippen molar-refractivity contribution < 1.29 is 18.7 Å². The van der Waals surface area contributed by atoms with E-state index in [1.807, 2.05) is 6.92 Å². The molecule has 1 aromatic carbocycles. The normalized spacial score (nSPS) is 17.1. The number of amides is 2. The van der Waals surface area contributed by atoms with Gasteiger partial charge in [0.1, 0.15) is 11.6 Å². The largest absolute Gasteiger partial charge is 0.396 e. The summed E-state index contributed by atoms with van der Waals surface area (Å²) in [6, 6.07) is 2.39. The van der Waals surface area contributed by atoms with E-state index >= 15 is 0 Å². The molecule has 0 aliphatic heterocycles. The maximum absolute atomic E-state index is 13.7. The lowest BCUT2D eigenvalue weighted by molar-refractivity contribution is 0.202. The van der Waals surface area contributed by atoms with Crippen LogP contribution in [-0.4, -0.2) is 24.3 Å². The lowest BCUT2D eigenvalue weighted by Gasteiger charge is -2.20. The summed E-state index contributed by atoms with van der Waals surface area (Å²) in [6.07, 6.45) is 2.28. The number of nitrogens with one attached hydrogen (secondary N) is 2. The molecule has 4 nitrogen and oxygen atoms in total. The molecular formula is C15H20F2N2O2. The van der Waals surface area contributed by atoms with Crippen LogP contribution < -0.4 is 10.6 Å². The maximum atomic E-state index is 13.7. The second kappa shape index (κ2) is 6.39. The summed E-state index contributed by atoms with van der Waals surface area (Å²) in [5.41, 5.74) is 0.0810. The first-order valence-corrected chi connectivity index (χ1v) is 7.10. The molecule has 1 unspecified atom stereocenters. The van der Waals surface area contributed by atoms with Crippen LogP contribution in [0.1, 0.15) is 37.8 Å². The molecule has 0 aromatic heterocycles. The number of aliphatic hydroxyl groups is 1. The van der Waals surface area contributed by atoms with Gasteiger partial charge < -0.3 is 15.7 Å². The summed E-state index contributed by atoms with van der Waals surface area (Å²) >= 11 is 0. The number of halogens is 2. The minimum absolute atomic E-state index is 0.0527. The molecule has 1 aliphatic rings. The molecule has 3 N–H and O–H groups in total. The van der Waals surface area contributed by atoms with Crippen LogP contribution in [0, 0.1) is 17.0 Å². The summed E-state index contributed by atoms with van der Waals surface area (Å²) in [5, 5.41) is 14.5. The second-order valence-corrected chi connectivity index (χ2v) is 5.61. The zero-order chi connectivity index (χ0) is 15.5. The molecule has 0 radical (unpaired) electrons. The van der Waals surface area contributed by atoms with Crippen LogP contribution in [0.4, 0.5) is 13.6 Å². The first-order chi connectivity index (χ1) is 9.99. The molecule has 116 valence electrons. The van der Waals surface area contributed by atoms with E-state index in [0.29, 0.717) is 13.0 Å². The number of benzene rings is 1. The first kappa shape index (κ1) is 15.7. The Labute approximate surface area is 122 Å². The number of carbonyl (C=O) groups excluding carboxylic acids is 1. The number of hydrogen-bond acceptors (Lipinski definition) is 2. The first-order valence-electron chi connectivity index (χ1n) is 7.10. The molecule has 0 bridgehead atoms. The highest BCUT2D eigenvalue weighted by atomic mass is 19.1. The summed E-state index contributed by atoms with van der Waals surface area (Å²) in [7, 11) is 0. The van der Waals surface area contributed by atoms with Crippen molar-refractivity contribution in [1.29, 1.82) is 0 Å². The smallest absolute Gasteiger partial charge is 0.315 e. The van der Waals surface area contributed by atoms with Crippen LogP contribution in [0.25, 0.3) is 0 Å². The monoisotopic (exact) mass is 298 g/mol. The van der Waals surface area contributed by atoms with Crippen molar-refractivity contribution in [3.63, 3.8) is 0 Å². The number of urea groups is 1. The standard InChI is InChI=1S/C15H20F2N2O2/c1-2-13(11-4-3-10(16)7-12(11)17)19-14(21)18-8-15(9-20)5-6-15/h3-4,7,13,20H,2,5-6,8-9H2,1H3,(H2,18,19,21). The van der Waals surface area contributed by atoms with Crippen molar-refractivity contribution >= 4 is 6.03 Å². The fraction of sp³-hybridized carbons (Fsp3) is 0.533. The Morgan fingerprint density at radius 2 is 2.14 bits per heavy atom. The highest BCUT2D eigenvalue weighted by molar-refractivity contribution is 5.74. The average molecular weight is 298 g/mol. The summed E-state index contributed by atoms with van der Waals surface area (Å²) < 4.78 is 26.6. The topological polar surface area (TPSA) is 61.4 Å². The molecular weight excluding hydrogens is 278 g/mol. The predicted octanol–water partition coefficient (Wildman–Crippen LogP) is 2.49. The van der Waals surface area contributed by atoms with Crippen molar-refractivity contribution in [2.24, 2.45) is 5.41 Å². The molecule has 1 saturated carbocycles. The molecule has 0 heterocycles. The Kier molecular flexibility index (Phi) is 4.77. The quantitative estimate of drug-likeness (QED) is 0.755. The lowest BCUT2D eigenvalue weighted by atomic mass is 10.0. The Balaban J connectivity index is 1.93. The Hall–Kier alpha value is -1.69. The van der Waals surface area contributed by atoms with Crippen molar-refractivity contribution in [2.45, 2.75) is 32.2 Å². The molecule has 1 atom stereocenters. The zero-order valence-corrected chi connectivity index (χ0v) is 12.0. The number of aliphatic hydroxyl groups excluding tert-OH is 1. The number of rotatable bonds is 6. The third-order valence-corrected chi connectivity index (χ3v) is 3.97. The van der Waals surface area contributed by atoms with Gasteiger partial charge in [-0.1, -0.05) is 13.0 Å². The van der Waals surface area contributed by atoms with Crippen molar-refractivity contribution in [2.75, 3.05) is 13.2 Å². The molecule has 1 fully saturated rings. The van der Waals surface area contributed by atoms with Crippen LogP contribution in [0.5, 0.6) is 0 Å². The van der Waals surface area contributed by atoms with Crippen molar-refractivity contribution in [1.82, 2.24) is 10.6 Å². The van der Waals surface area contributed by atoms with Gasteiger partial charge in [-0.15, -0.1) is 0 Å². The van der Waals surface area contributed by atoms with E-state index < -0.39 is 23.7 Å². The zero-order valence-electron chi connectivity index (χ0n) is 12.0. The van der Waals surface area contributed by atoms with Gasteiger partial charge >= 0.3 is 6.03 Å². The molecule has 1 aliphatic carbocycles. The van der Waals surface area contributed by atoms with E-state index in [4.69, 9.17) is 0 Å². The van der Waals surface area contributed by atoms with Crippen LogP contribution in [0.15, 0.2) is 18.2 Å². The van der Waals surface area contributed by atoms with Crippen molar-refractivity contribution in [3.05, 3.63) is 35.4 Å². The third-order valence-electron chi connectivity index (χ3n) is 3.97. The summed E-state index contributed by atoms with van der Waals surface area (Å²) in [6.45, 7) is 2.26. The van der Waals surface area contributed by atoms with E-state index in [2.05, 4.69) is 10.6 Å². The Bertz CT molecular complexity index is 518. The van der Waals surface area contributed by atoms with Gasteiger partial charge in [0, 0.05) is 23.6 Å². The third kappa shape index (κ3) is 3.91. The lowest BCUT2D eigenvalue weighted by Crippen LogP contribution is -2.41. The van der Waals surface area contributed by atoms with Gasteiger partial charge in [0.15, 0.2) is 0 Å². The van der Waals surface area contributed by atoms with Gasteiger partial charge in [0.2, 0.25) is 0 Å².